The standard InChI is InChI=1S/Al.Ca.Fe.K.Mg.Na.O3Si.H2O.Ti/c;;;;;;1-4(2)3;;/h;;;;;;;1H2;/q;;;;;;-2;;. The molecule has 0 atom stereocenters. The molecule has 0 amide bonds. The van der Waals surface area contributed by atoms with Crippen molar-refractivity contribution in [2.45, 2.75) is 0 Å². The largest absolute Gasteiger partial charge is 0.672 e. The third kappa shape index (κ3) is 99.9. The zero-order valence-corrected chi connectivity index (χ0v) is 20.6. The van der Waals surface area contributed by atoms with Crippen molar-refractivity contribution in [2.24, 2.45) is 0 Å². The zero-order valence-electron chi connectivity index (χ0n) is 7.07. The van der Waals surface area contributed by atoms with Gasteiger partial charge in [-0.3, -0.25) is 0 Å². The molecule has 0 spiro atoms. The van der Waals surface area contributed by atoms with Gasteiger partial charge in [-0.1, -0.05) is 0 Å². The van der Waals surface area contributed by atoms with E-state index in [-0.39, 0.29) is 203 Å². The smallest absolute Gasteiger partial charge is 0.0172 e. The topological polar surface area (TPSA) is 94.7 Å². The second-order valence-electron chi connectivity index (χ2n) is 0.250. The molecule has 9 radical (unpaired) electrons. The van der Waals surface area contributed by atoms with Gasteiger partial charge in [-0.05, 0) is 0 Å². The second kappa shape index (κ2) is 53.7. The van der Waals surface area contributed by atoms with E-state index < -0.39 is 9.17 Å². The maximum atomic E-state index is 8.52. The van der Waals surface area contributed by atoms with Crippen LogP contribution < -0.4 is 9.59 Å². The Morgan fingerprint density at radius 3 is 1.17 bits per heavy atom. The van der Waals surface area contributed by atoms with Crippen LogP contribution in [-0.4, -0.2) is 174 Å². The van der Waals surface area contributed by atoms with E-state index in [9.17, 15) is 0 Å². The van der Waals surface area contributed by atoms with Crippen molar-refractivity contribution in [1.82, 2.24) is 0 Å². The predicted molar refractivity (Wildman–Crippen MR) is 38.8 cm³/mol. The number of hydrogen-bond donors (Lipinski definition) is 0. The van der Waals surface area contributed by atoms with Gasteiger partial charge in [0.1, 0.15) is 0 Å². The van der Waals surface area contributed by atoms with Crippen LogP contribution in [0, 0.1) is 0 Å². The van der Waals surface area contributed by atoms with Crippen LogP contribution in [0.4, 0.5) is 0 Å². The fourth-order valence-corrected chi connectivity index (χ4v) is 0. The minimum atomic E-state index is -3.63. The van der Waals surface area contributed by atoms with Crippen LogP contribution in [0.25, 0.3) is 0 Å². The molecule has 0 unspecified atom stereocenters. The van der Waals surface area contributed by atoms with Crippen molar-refractivity contribution in [1.29, 1.82) is 0 Å². The Labute approximate surface area is 220 Å². The van der Waals surface area contributed by atoms with E-state index in [2.05, 4.69) is 0 Å². The Morgan fingerprint density at radius 2 is 1.17 bits per heavy atom. The Morgan fingerprint density at radius 1 is 1.17 bits per heavy atom. The van der Waals surface area contributed by atoms with Crippen molar-refractivity contribution in [2.75, 3.05) is 0 Å². The van der Waals surface area contributed by atoms with Gasteiger partial charge in [0.15, 0.2) is 0 Å². The Kier molecular flexibility index (Phi) is 287. The van der Waals surface area contributed by atoms with Crippen LogP contribution in [0.5, 0.6) is 0 Å². The summed E-state index contributed by atoms with van der Waals surface area (Å²) in [5.74, 6) is 0. The average molecular weight is 351 g/mol. The van der Waals surface area contributed by atoms with Crippen LogP contribution in [0.1, 0.15) is 0 Å². The van der Waals surface area contributed by atoms with Crippen molar-refractivity contribution >= 4 is 168 Å². The molecule has 0 aliphatic carbocycles. The Bertz CT molecular complexity index is 58.0. The van der Waals surface area contributed by atoms with E-state index in [1.807, 2.05) is 0 Å². The van der Waals surface area contributed by atoms with Gasteiger partial charge >= 0.3 is 0 Å². The van der Waals surface area contributed by atoms with Crippen LogP contribution in [0.2, 0.25) is 0 Å². The Hall–Kier alpha value is 6.01. The maximum absolute atomic E-state index is 8.52. The van der Waals surface area contributed by atoms with Gasteiger partial charge in [-0.15, -0.1) is 0 Å². The minimum Gasteiger partial charge on any atom is -0.672 e. The molecule has 0 rings (SSSR count). The molecule has 0 aliphatic rings. The maximum Gasteiger partial charge on any atom is 0.0172 e. The van der Waals surface area contributed by atoms with E-state index in [4.69, 9.17) is 14.1 Å². The van der Waals surface area contributed by atoms with Gasteiger partial charge < -0.3 is 19.5 Å². The molecular formula is H2AlCaFeKMgNaO4SiTi-2. The van der Waals surface area contributed by atoms with Crippen LogP contribution >= 0.6 is 0 Å². The summed E-state index contributed by atoms with van der Waals surface area (Å²) in [5.41, 5.74) is 0. The predicted octanol–water partition coefficient (Wildman–Crippen LogP) is -5.61. The van der Waals surface area contributed by atoms with Gasteiger partial charge in [-0.2, -0.15) is 0 Å². The quantitative estimate of drug-likeness (QED) is 0.407. The van der Waals surface area contributed by atoms with Gasteiger partial charge in [-0.25, -0.2) is 0 Å². The first-order chi connectivity index (χ1) is 1.73. The van der Waals surface area contributed by atoms with Crippen molar-refractivity contribution in [3.05, 3.63) is 0 Å². The molecule has 0 saturated heterocycles. The molecule has 0 fully saturated rings. The van der Waals surface area contributed by atoms with Gasteiger partial charge in [0.25, 0.3) is 0 Å². The summed E-state index contributed by atoms with van der Waals surface area (Å²) in [6, 6.07) is 0. The van der Waals surface area contributed by atoms with E-state index in [1.54, 1.807) is 0 Å². The third-order valence-electron chi connectivity index (χ3n) is 0. The first kappa shape index (κ1) is 64.2. The van der Waals surface area contributed by atoms with E-state index in [0.717, 1.165) is 0 Å². The average Bonchev–Trinajstić information content (AvgIpc) is 0.811. The molecule has 2 N–H and O–H groups in total. The molecule has 0 bridgehead atoms. The van der Waals surface area contributed by atoms with E-state index in [1.165, 1.54) is 0 Å². The summed E-state index contributed by atoms with van der Waals surface area (Å²) >= 11 is 0. The summed E-state index contributed by atoms with van der Waals surface area (Å²) in [7, 11) is -3.63. The molecular weight excluding hydrogens is 349 g/mol. The summed E-state index contributed by atoms with van der Waals surface area (Å²) in [5, 5.41) is 0. The van der Waals surface area contributed by atoms with Gasteiger partial charge in [0.2, 0.25) is 0 Å². The van der Waals surface area contributed by atoms with Crippen molar-refractivity contribution in [3.8, 4) is 0 Å². The van der Waals surface area contributed by atoms with Gasteiger partial charge in [0, 0.05) is 207 Å². The summed E-state index contributed by atoms with van der Waals surface area (Å²) < 4.78 is 8.52. The third-order valence-corrected chi connectivity index (χ3v) is 0. The fourth-order valence-electron chi connectivity index (χ4n) is 0. The van der Waals surface area contributed by atoms with Crippen molar-refractivity contribution < 1.29 is 58.3 Å². The summed E-state index contributed by atoms with van der Waals surface area (Å²) in [6.45, 7) is 0. The van der Waals surface area contributed by atoms with Crippen molar-refractivity contribution in [3.63, 3.8) is 0 Å². The van der Waals surface area contributed by atoms with Crippen LogP contribution in [-0.2, 0) is 43.2 Å². The first-order valence-corrected chi connectivity index (χ1v) is 1.84. The molecule has 0 aromatic rings. The monoisotopic (exact) mass is 351 g/mol. The fraction of sp³-hybridized carbons (Fsp3) is 0. The normalized spacial score (nSPS) is 2.00. The molecule has 53 valence electrons. The minimum absolute atomic E-state index is 0. The molecule has 12 heavy (non-hydrogen) atoms. The molecule has 0 heterocycles. The van der Waals surface area contributed by atoms with Gasteiger partial charge in [0.05, 0.1) is 0 Å². The number of hydrogen-bond acceptors (Lipinski definition) is 3. The molecule has 0 aromatic carbocycles. The summed E-state index contributed by atoms with van der Waals surface area (Å²) in [6.07, 6.45) is 0. The Balaban J connectivity index is -0.00000000161. The van der Waals surface area contributed by atoms with Crippen LogP contribution in [0.15, 0.2) is 0 Å². The molecule has 12 heteroatoms. The summed E-state index contributed by atoms with van der Waals surface area (Å²) in [4.78, 5) is 17.0. The number of rotatable bonds is 0. The zero-order chi connectivity index (χ0) is 3.58. The first-order valence-electron chi connectivity index (χ1n) is 0.612. The SMILES string of the molecule is O.O=[Si]([O-])[O-].[Al].[Ca].[Fe].[K].[Mg].[Na].[Ti]. The molecule has 0 aromatic heterocycles. The van der Waals surface area contributed by atoms with E-state index >= 15 is 0 Å². The second-order valence-corrected chi connectivity index (χ2v) is 0.750. The van der Waals surface area contributed by atoms with E-state index in [0.29, 0.717) is 0 Å². The molecule has 4 nitrogen and oxygen atoms in total. The molecule has 0 saturated carbocycles. The molecule has 0 aliphatic heterocycles. The van der Waals surface area contributed by atoms with Crippen LogP contribution in [0.3, 0.4) is 0 Å².